The van der Waals surface area contributed by atoms with Crippen molar-refractivity contribution in [3.8, 4) is 0 Å². The van der Waals surface area contributed by atoms with E-state index in [1.165, 1.54) is 30.6 Å². The fourth-order valence-electron chi connectivity index (χ4n) is 9.72. The molecule has 0 radical (unpaired) electrons. The molecule has 0 aromatic heterocycles. The monoisotopic (exact) mass is 1490 g/mol. The number of nitrogens with one attached hydrogen (secondary N) is 13. The van der Waals surface area contributed by atoms with Crippen molar-refractivity contribution in [1.29, 1.82) is 0 Å². The number of ether oxygens (including phenoxy) is 1. The summed E-state index contributed by atoms with van der Waals surface area (Å²) in [6.45, 7) is 3.45. The molecule has 578 valence electrons. The molecule has 0 unspecified atom stereocenters. The molecule has 10 atom stereocenters. The molecule has 22 N–H and O–H groups in total. The summed E-state index contributed by atoms with van der Waals surface area (Å²) in [5.41, 5.74) is 10.6. The van der Waals surface area contributed by atoms with E-state index in [0.29, 0.717) is 12.8 Å². The number of likely N-dealkylation sites (tertiary alicyclic amines) is 1. The molecule has 43 heteroatoms. The minimum absolute atomic E-state index is 0.0189. The highest BCUT2D eigenvalue weighted by molar-refractivity contribution is 7.98. The third-order valence-corrected chi connectivity index (χ3v) is 15.5. The average molecular weight is 1490 g/mol. The Kier molecular flexibility index (Phi) is 42.5. The Morgan fingerprint density at radius 1 is 0.505 bits per heavy atom. The zero-order chi connectivity index (χ0) is 78.1. The van der Waals surface area contributed by atoms with Gasteiger partial charge >= 0.3 is 29.8 Å². The molecule has 0 aromatic carbocycles. The lowest BCUT2D eigenvalue weighted by atomic mass is 10.0. The predicted octanol–water partition coefficient (Wildman–Crippen LogP) is -7.72. The van der Waals surface area contributed by atoms with E-state index >= 15 is 0 Å². The van der Waals surface area contributed by atoms with Crippen LogP contribution in [0.2, 0.25) is 0 Å². The normalized spacial score (nSPS) is 14.9. The van der Waals surface area contributed by atoms with Gasteiger partial charge in [0, 0.05) is 71.5 Å². The summed E-state index contributed by atoms with van der Waals surface area (Å²) >= 11 is 1.17. The molecule has 103 heavy (non-hydrogen) atoms. The lowest BCUT2D eigenvalue weighted by Crippen LogP contribution is -2.59. The number of carbonyl (C=O) groups excluding carboxylic acids is 14. The number of hydrogen-bond acceptors (Lipinski definition) is 22. The van der Waals surface area contributed by atoms with Crippen LogP contribution in [0.1, 0.15) is 124 Å². The summed E-state index contributed by atoms with van der Waals surface area (Å²) in [5, 5.41) is 77.6. The highest BCUT2D eigenvalue weighted by Gasteiger charge is 2.38. The molecule has 0 spiro atoms. The van der Waals surface area contributed by atoms with Crippen molar-refractivity contribution in [2.75, 3.05) is 65.0 Å². The number of nitrogens with two attached hydrogens (primary N) is 2. The third kappa shape index (κ3) is 38.2. The lowest BCUT2D eigenvalue weighted by molar-refractivity contribution is -0.142. The van der Waals surface area contributed by atoms with Crippen LogP contribution in [0.25, 0.3) is 0 Å². The van der Waals surface area contributed by atoms with Crippen LogP contribution in [0.5, 0.6) is 0 Å². The zero-order valence-electron chi connectivity index (χ0n) is 58.0. The Hall–Kier alpha value is -10.5. The first-order chi connectivity index (χ1) is 48.4. The van der Waals surface area contributed by atoms with Gasteiger partial charge in [0.05, 0.1) is 19.7 Å². The van der Waals surface area contributed by atoms with Gasteiger partial charge in [-0.3, -0.25) is 96.1 Å². The van der Waals surface area contributed by atoms with Gasteiger partial charge in [-0.25, -0.2) is 0 Å². The zero-order valence-corrected chi connectivity index (χ0v) is 58.8. The fourth-order valence-corrected chi connectivity index (χ4v) is 10.3. The molecule has 1 aliphatic heterocycles. The topological polar surface area (TPSA) is 659 Å². The van der Waals surface area contributed by atoms with Crippen LogP contribution in [0.15, 0.2) is 4.99 Å². The van der Waals surface area contributed by atoms with E-state index in [2.05, 4.69) is 74.1 Å². The van der Waals surface area contributed by atoms with Crippen LogP contribution >= 0.6 is 11.8 Å². The third-order valence-electron chi connectivity index (χ3n) is 14.9. The molecule has 0 aliphatic carbocycles. The van der Waals surface area contributed by atoms with Crippen molar-refractivity contribution >= 4 is 130 Å². The summed E-state index contributed by atoms with van der Waals surface area (Å²) in [5.74, 6) is -20.3. The van der Waals surface area contributed by atoms with Crippen molar-refractivity contribution in [3.05, 3.63) is 0 Å². The molecule has 0 saturated carbocycles. The van der Waals surface area contributed by atoms with Crippen molar-refractivity contribution < 1.29 is 121 Å². The smallest absolute Gasteiger partial charge is 0.303 e. The Labute approximate surface area is 595 Å². The SMILES string of the molecule is CNC(=O)[C@@H](CCCN=C(N)N)NC(=O)CNC(=O)[C@H](C)NC(=O)[C@H](CSC)NC(=O)CNC(=O)[C@H](CC(C)C)NC(=O)[C@@H]1CCCN1C(=O)COCCNC(=O)[C@@H](CCC(=O)O)NC(=O)[C@@H](CCC(=O)O)NC(=O)[C@@H](CCC(=O)O)NC(=O)[C@@H](CCC(=O)O)NC(=O)[C@@H](CCC(=O)O)NC(C)=O. The molecule has 14 amide bonds. The number of carboxylic acid groups (broad SMARTS) is 5. The van der Waals surface area contributed by atoms with Gasteiger partial charge in [0.15, 0.2) is 5.96 Å². The van der Waals surface area contributed by atoms with Gasteiger partial charge in [-0.2, -0.15) is 11.8 Å². The maximum atomic E-state index is 13.9. The van der Waals surface area contributed by atoms with Crippen LogP contribution in [0.4, 0.5) is 0 Å². The minimum atomic E-state index is -1.93. The number of aliphatic carboxylic acids is 5. The van der Waals surface area contributed by atoms with E-state index in [0.717, 1.165) is 6.92 Å². The van der Waals surface area contributed by atoms with Gasteiger partial charge in [0.25, 0.3) is 0 Å². The van der Waals surface area contributed by atoms with Gasteiger partial charge in [-0.15, -0.1) is 0 Å². The molecule has 1 saturated heterocycles. The second-order valence-corrected chi connectivity index (χ2v) is 24.8. The van der Waals surface area contributed by atoms with Gasteiger partial charge < -0.3 is 116 Å². The first-order valence-corrected chi connectivity index (χ1v) is 34.0. The van der Waals surface area contributed by atoms with E-state index < -0.39 is 270 Å². The van der Waals surface area contributed by atoms with Gasteiger partial charge in [-0.1, -0.05) is 13.8 Å². The summed E-state index contributed by atoms with van der Waals surface area (Å²) in [7, 11) is 1.37. The Morgan fingerprint density at radius 3 is 1.33 bits per heavy atom. The summed E-state index contributed by atoms with van der Waals surface area (Å²) in [6, 6.07) is -14.7. The molecular weight excluding hydrogens is 1390 g/mol. The molecule has 42 nitrogen and oxygen atoms in total. The Bertz CT molecular complexity index is 3050. The number of nitrogens with zero attached hydrogens (tertiary/aromatic N) is 2. The first-order valence-electron chi connectivity index (χ1n) is 32.6. The van der Waals surface area contributed by atoms with Crippen molar-refractivity contribution in [1.82, 2.24) is 74.0 Å². The molecule has 0 aromatic rings. The number of aliphatic imine (C=N–C) groups is 1. The van der Waals surface area contributed by atoms with Crippen LogP contribution in [-0.2, 0) is 95.8 Å². The number of hydrogen-bond donors (Lipinski definition) is 20. The number of carboxylic acids is 5. The largest absolute Gasteiger partial charge is 0.481 e. The molecule has 1 heterocycles. The quantitative estimate of drug-likeness (QED) is 0.0153. The van der Waals surface area contributed by atoms with Crippen molar-refractivity contribution in [3.63, 3.8) is 0 Å². The number of amides is 14. The fraction of sp³-hybridized carbons (Fsp3) is 0.667. The number of likely N-dealkylation sites (N-methyl/N-ethyl adjacent to an activating group) is 1. The average Bonchev–Trinajstić information content (AvgIpc) is 1.78. The van der Waals surface area contributed by atoms with E-state index in [9.17, 15) is 112 Å². The molecule has 1 aliphatic rings. The number of guanidine groups is 1. The van der Waals surface area contributed by atoms with Crippen molar-refractivity contribution in [2.45, 2.75) is 184 Å². The van der Waals surface area contributed by atoms with Crippen LogP contribution in [-0.4, -0.2) is 274 Å². The maximum absolute atomic E-state index is 13.9. The predicted molar refractivity (Wildman–Crippen MR) is 359 cm³/mol. The standard InChI is InChI=1S/C60H97N17O25S/c1-30(2)25-39(53(95)67-27-43(80)71-40(29-103-6)58(100)68-31(3)50(92)66-26-42(79)70-33(51(93)63-5)9-7-21-65-60(61)62)76-59(101)41-10-8-23-77(41)44(81)28-102-24-22-64-52(94)34(11-16-45(82)83)72-55(97)36(13-18-47(86)87)74-57(99)38(15-20-49(90)91)75-56(98)37(14-19-48(88)89)73-54(96)35(69-32(4)78)12-17-46(84)85/h30-31,33-41H,7-29H2,1-6H3,(H,63,93)(H,64,94)(H,66,92)(H,67,95)(H,68,100)(H,69,78)(H,70,79)(H,71,80)(H,72,97)(H,73,96)(H,74,99)(H,75,98)(H,76,101)(H,82,83)(H,84,85)(H,86,87)(H,88,89)(H,90,91)(H4,61,62,65)/t31-,33+,34+,35+,36+,37+,38+,39-,40-,41-/m0/s1. The Balaban J connectivity index is 3.08. The van der Waals surface area contributed by atoms with Crippen LogP contribution < -0.4 is 80.6 Å². The lowest BCUT2D eigenvalue weighted by Gasteiger charge is -2.27. The van der Waals surface area contributed by atoms with Crippen LogP contribution in [0, 0.1) is 5.92 Å². The molecule has 1 rings (SSSR count). The number of thioether (sulfide) groups is 1. The summed E-state index contributed by atoms with van der Waals surface area (Å²) in [4.78, 5) is 248. The van der Waals surface area contributed by atoms with Gasteiger partial charge in [0.1, 0.15) is 67.0 Å². The Morgan fingerprint density at radius 2 is 0.913 bits per heavy atom. The van der Waals surface area contributed by atoms with Gasteiger partial charge in [-0.05, 0) is 83.3 Å². The van der Waals surface area contributed by atoms with Crippen LogP contribution in [0.3, 0.4) is 0 Å². The number of rotatable bonds is 51. The minimum Gasteiger partial charge on any atom is -0.481 e. The second kappa shape index (κ2) is 48.4. The molecule has 0 bridgehead atoms. The number of carbonyl (C=O) groups is 19. The van der Waals surface area contributed by atoms with E-state index in [4.69, 9.17) is 21.3 Å². The molecular formula is C60H97N17O25S. The second-order valence-electron chi connectivity index (χ2n) is 23.9. The molecule has 1 fully saturated rings. The highest BCUT2D eigenvalue weighted by Crippen LogP contribution is 2.19. The first kappa shape index (κ1) is 90.5. The maximum Gasteiger partial charge on any atom is 0.303 e. The summed E-state index contributed by atoms with van der Waals surface area (Å²) in [6.07, 6.45) is -4.34. The van der Waals surface area contributed by atoms with E-state index in [1.54, 1.807) is 20.1 Å². The van der Waals surface area contributed by atoms with E-state index in [-0.39, 0.29) is 50.0 Å². The highest BCUT2D eigenvalue weighted by atomic mass is 32.2. The summed E-state index contributed by atoms with van der Waals surface area (Å²) < 4.78 is 5.48. The van der Waals surface area contributed by atoms with E-state index in [1.807, 2.05) is 0 Å². The van der Waals surface area contributed by atoms with Gasteiger partial charge in [0.2, 0.25) is 82.7 Å². The van der Waals surface area contributed by atoms with Crippen molar-refractivity contribution in [2.24, 2.45) is 22.4 Å².